The van der Waals surface area contributed by atoms with Gasteiger partial charge in [0.25, 0.3) is 11.8 Å². The summed E-state index contributed by atoms with van der Waals surface area (Å²) in [5.74, 6) is -1.18. The van der Waals surface area contributed by atoms with Gasteiger partial charge in [0.1, 0.15) is 11.9 Å². The Morgan fingerprint density at radius 3 is 2.68 bits per heavy atom. The fourth-order valence-corrected chi connectivity index (χ4v) is 3.70. The number of piperazine rings is 1. The molecule has 0 bridgehead atoms. The van der Waals surface area contributed by atoms with Crippen molar-refractivity contribution in [1.82, 2.24) is 9.80 Å². The highest BCUT2D eigenvalue weighted by atomic mass is 19.1. The van der Waals surface area contributed by atoms with Gasteiger partial charge >= 0.3 is 0 Å². The van der Waals surface area contributed by atoms with Crippen LogP contribution >= 0.6 is 0 Å². The molecule has 144 valence electrons. The van der Waals surface area contributed by atoms with Crippen molar-refractivity contribution in [2.75, 3.05) is 31.5 Å². The van der Waals surface area contributed by atoms with E-state index in [0.29, 0.717) is 28.9 Å². The van der Waals surface area contributed by atoms with Crippen LogP contribution in [0.1, 0.15) is 10.4 Å². The molecular weight excluding hydrogens is 363 g/mol. The first-order chi connectivity index (χ1) is 13.5. The van der Waals surface area contributed by atoms with Crippen molar-refractivity contribution in [2.45, 2.75) is 6.04 Å². The van der Waals surface area contributed by atoms with Crippen LogP contribution in [-0.2, 0) is 9.59 Å². The first-order valence-corrected chi connectivity index (χ1v) is 9.07. The molecule has 2 aliphatic rings. The maximum absolute atomic E-state index is 14.2. The first kappa shape index (κ1) is 18.1. The molecule has 0 radical (unpaired) electrons. The molecule has 2 aliphatic heterocycles. The van der Waals surface area contributed by atoms with E-state index in [1.807, 2.05) is 0 Å². The lowest BCUT2D eigenvalue weighted by Crippen LogP contribution is -2.64. The number of halogens is 1. The molecule has 8 heteroatoms. The van der Waals surface area contributed by atoms with E-state index in [4.69, 9.17) is 0 Å². The molecule has 0 unspecified atom stereocenters. The molecule has 0 aliphatic carbocycles. The van der Waals surface area contributed by atoms with E-state index < -0.39 is 6.04 Å². The van der Waals surface area contributed by atoms with Crippen molar-refractivity contribution in [3.8, 4) is 11.1 Å². The Morgan fingerprint density at radius 2 is 1.93 bits per heavy atom. The third-order valence-corrected chi connectivity index (χ3v) is 5.20. The van der Waals surface area contributed by atoms with Crippen LogP contribution in [0.5, 0.6) is 0 Å². The van der Waals surface area contributed by atoms with Gasteiger partial charge in [0.2, 0.25) is 5.91 Å². The molecule has 1 fully saturated rings. The molecule has 0 aromatic heterocycles. The molecule has 4 N–H and O–H groups in total. The maximum atomic E-state index is 14.2. The largest absolute Gasteiger partial charge is 0.350 e. The van der Waals surface area contributed by atoms with Crippen LogP contribution in [0.25, 0.3) is 11.1 Å². The number of hydrogen-bond donors (Lipinski definition) is 2. The lowest BCUT2D eigenvalue weighted by molar-refractivity contribution is -0.357. The molecule has 2 aromatic rings. The summed E-state index contributed by atoms with van der Waals surface area (Å²) in [5, 5.41) is 2.77. The summed E-state index contributed by atoms with van der Waals surface area (Å²) in [6.45, 7) is 0.854. The number of carbonyl (C=O) groups is 3. The summed E-state index contributed by atoms with van der Waals surface area (Å²) < 4.78 is 14.2. The van der Waals surface area contributed by atoms with Gasteiger partial charge in [-0.15, -0.1) is 0 Å². The highest BCUT2D eigenvalue weighted by Crippen LogP contribution is 2.31. The molecule has 1 atom stereocenters. The number of nitrogens with one attached hydrogen (secondary N) is 1. The van der Waals surface area contributed by atoms with Crippen molar-refractivity contribution in [2.24, 2.45) is 0 Å². The Balaban J connectivity index is 1.70. The van der Waals surface area contributed by atoms with Crippen LogP contribution in [0.4, 0.5) is 10.1 Å². The molecular formula is C20H20FN4O3+. The number of nitrogens with zero attached hydrogens (tertiary/aromatic N) is 2. The van der Waals surface area contributed by atoms with Gasteiger partial charge in [-0.25, -0.2) is 4.39 Å². The minimum atomic E-state index is -0.763. The summed E-state index contributed by atoms with van der Waals surface area (Å²) in [7, 11) is 0. The second-order valence-corrected chi connectivity index (χ2v) is 6.83. The third-order valence-electron chi connectivity index (χ3n) is 5.20. The van der Waals surface area contributed by atoms with Crippen molar-refractivity contribution in [3.05, 3.63) is 53.8 Å². The molecule has 3 amide bonds. The van der Waals surface area contributed by atoms with Crippen molar-refractivity contribution < 1.29 is 24.5 Å². The highest BCUT2D eigenvalue weighted by Gasteiger charge is 2.40. The van der Waals surface area contributed by atoms with Gasteiger partial charge < -0.3 is 20.9 Å². The topological polar surface area (TPSA) is 97.4 Å². The Bertz CT molecular complexity index is 978. The standard InChI is InChI=1S/C20H19FN4O3/c21-15-4-2-1-3-13(15)12-5-6-16-14(9-12)20(28)25-8-7-24(18(26)10-22)11-17(25)19(27)23-16/h1-6,9,17H,7-8,10-11,22H2,(H,23,27)/p+1/t17-/m0/s1. The SMILES string of the molecule is [NH3+]CC(=O)N1CCN2C(=O)c3cc(-c4ccccc4F)ccc3NC(=O)[C@@H]2C1. The van der Waals surface area contributed by atoms with E-state index >= 15 is 0 Å². The number of benzene rings is 2. The van der Waals surface area contributed by atoms with Crippen LogP contribution in [0.15, 0.2) is 42.5 Å². The Kier molecular flexibility index (Phi) is 4.56. The van der Waals surface area contributed by atoms with Crippen molar-refractivity contribution in [3.63, 3.8) is 0 Å². The predicted molar refractivity (Wildman–Crippen MR) is 99.6 cm³/mol. The minimum absolute atomic E-state index is 0.106. The van der Waals surface area contributed by atoms with Crippen LogP contribution in [0.3, 0.4) is 0 Å². The quantitative estimate of drug-likeness (QED) is 0.783. The van der Waals surface area contributed by atoms with Gasteiger partial charge in [0.15, 0.2) is 6.54 Å². The van der Waals surface area contributed by atoms with Crippen LogP contribution in [0.2, 0.25) is 0 Å². The van der Waals surface area contributed by atoms with Crippen LogP contribution in [0, 0.1) is 5.82 Å². The number of carbonyl (C=O) groups excluding carboxylic acids is 3. The zero-order valence-corrected chi connectivity index (χ0v) is 15.2. The number of fused-ring (bicyclic) bond motifs is 2. The van der Waals surface area contributed by atoms with Gasteiger partial charge in [0, 0.05) is 18.7 Å². The van der Waals surface area contributed by atoms with E-state index in [9.17, 15) is 18.8 Å². The average molecular weight is 383 g/mol. The molecule has 2 aromatic carbocycles. The van der Waals surface area contributed by atoms with E-state index in [1.54, 1.807) is 41.3 Å². The third kappa shape index (κ3) is 3.01. The summed E-state index contributed by atoms with van der Waals surface area (Å²) in [6, 6.07) is 10.5. The second-order valence-electron chi connectivity index (χ2n) is 6.83. The Morgan fingerprint density at radius 1 is 1.14 bits per heavy atom. The van der Waals surface area contributed by atoms with E-state index in [0.717, 1.165) is 0 Å². The fourth-order valence-electron chi connectivity index (χ4n) is 3.70. The van der Waals surface area contributed by atoms with E-state index in [1.165, 1.54) is 11.0 Å². The molecule has 28 heavy (non-hydrogen) atoms. The number of anilines is 1. The van der Waals surface area contributed by atoms with Crippen molar-refractivity contribution in [1.29, 1.82) is 0 Å². The van der Waals surface area contributed by atoms with Gasteiger partial charge in [-0.1, -0.05) is 24.3 Å². The Labute approximate surface area is 160 Å². The van der Waals surface area contributed by atoms with Crippen LogP contribution < -0.4 is 11.1 Å². The van der Waals surface area contributed by atoms with Crippen molar-refractivity contribution >= 4 is 23.4 Å². The number of amides is 3. The van der Waals surface area contributed by atoms with Gasteiger partial charge in [-0.05, 0) is 23.8 Å². The molecule has 0 saturated carbocycles. The molecule has 2 heterocycles. The average Bonchev–Trinajstić information content (AvgIpc) is 2.82. The molecule has 0 spiro atoms. The summed E-state index contributed by atoms with van der Waals surface area (Å²) in [5.41, 5.74) is 5.24. The zero-order valence-electron chi connectivity index (χ0n) is 15.2. The number of hydrogen-bond acceptors (Lipinski definition) is 3. The normalized spacial score (nSPS) is 18.9. The summed E-state index contributed by atoms with van der Waals surface area (Å²) in [4.78, 5) is 40.9. The van der Waals surface area contributed by atoms with Gasteiger partial charge in [-0.2, -0.15) is 0 Å². The number of quaternary nitrogens is 1. The smallest absolute Gasteiger partial charge is 0.277 e. The minimum Gasteiger partial charge on any atom is -0.350 e. The second kappa shape index (κ2) is 7.05. The van der Waals surface area contributed by atoms with Crippen LogP contribution in [-0.4, -0.2) is 59.7 Å². The molecule has 1 saturated heterocycles. The maximum Gasteiger partial charge on any atom is 0.277 e. The molecule has 7 nitrogen and oxygen atoms in total. The highest BCUT2D eigenvalue weighted by molar-refractivity contribution is 6.10. The lowest BCUT2D eigenvalue weighted by Gasteiger charge is -2.38. The zero-order chi connectivity index (χ0) is 19.8. The monoisotopic (exact) mass is 383 g/mol. The predicted octanol–water partition coefficient (Wildman–Crippen LogP) is 0.340. The Hall–Kier alpha value is -3.26. The fraction of sp³-hybridized carbons (Fsp3) is 0.250. The van der Waals surface area contributed by atoms with Gasteiger partial charge in [0.05, 0.1) is 17.8 Å². The molecule has 4 rings (SSSR count). The van der Waals surface area contributed by atoms with E-state index in [2.05, 4.69) is 11.1 Å². The van der Waals surface area contributed by atoms with E-state index in [-0.39, 0.29) is 43.2 Å². The number of rotatable bonds is 2. The summed E-state index contributed by atoms with van der Waals surface area (Å²) in [6.07, 6.45) is 0. The lowest BCUT2D eigenvalue weighted by atomic mass is 10.0. The first-order valence-electron chi connectivity index (χ1n) is 9.07. The van der Waals surface area contributed by atoms with Gasteiger partial charge in [-0.3, -0.25) is 14.4 Å². The summed E-state index contributed by atoms with van der Waals surface area (Å²) >= 11 is 0.